The average Bonchev–Trinajstić information content (AvgIpc) is 3.43. The first-order valence-electron chi connectivity index (χ1n) is 11.3. The molecule has 5 aromatic rings. The number of carbonyl (C=O) groups is 1. The first kappa shape index (κ1) is 24.6. The number of sulfonamides is 1. The molecule has 11 heteroatoms. The molecule has 0 saturated heterocycles. The molecule has 0 fully saturated rings. The van der Waals surface area contributed by atoms with E-state index in [1.807, 2.05) is 24.3 Å². The van der Waals surface area contributed by atoms with Crippen LogP contribution in [0.3, 0.4) is 0 Å². The first-order chi connectivity index (χ1) is 17.9. The van der Waals surface area contributed by atoms with Gasteiger partial charge < -0.3 is 10.3 Å². The Morgan fingerprint density at radius 3 is 2.51 bits per heavy atom. The summed E-state index contributed by atoms with van der Waals surface area (Å²) < 4.78 is 27.6. The van der Waals surface area contributed by atoms with E-state index in [-0.39, 0.29) is 11.4 Å². The minimum absolute atomic E-state index is 0.0646. The summed E-state index contributed by atoms with van der Waals surface area (Å²) >= 11 is 6.41. The summed E-state index contributed by atoms with van der Waals surface area (Å²) in [6, 6.07) is 18.3. The molecule has 0 spiro atoms. The van der Waals surface area contributed by atoms with Gasteiger partial charge in [0.2, 0.25) is 10.0 Å². The fourth-order valence-electron chi connectivity index (χ4n) is 3.70. The number of hydrogen-bond acceptors (Lipinski definition) is 6. The zero-order chi connectivity index (χ0) is 25.8. The molecule has 0 bridgehead atoms. The van der Waals surface area contributed by atoms with Crippen molar-refractivity contribution in [2.24, 2.45) is 0 Å². The van der Waals surface area contributed by atoms with Gasteiger partial charge in [-0.3, -0.25) is 9.78 Å². The number of hydrogen-bond donors (Lipinski definition) is 3. The van der Waals surface area contributed by atoms with Crippen LogP contribution in [0.2, 0.25) is 5.02 Å². The summed E-state index contributed by atoms with van der Waals surface area (Å²) in [5.41, 5.74) is 4.27. The molecule has 2 heterocycles. The Labute approximate surface area is 218 Å². The van der Waals surface area contributed by atoms with Crippen LogP contribution in [0.4, 0.5) is 5.69 Å². The number of aromatic amines is 1. The Morgan fingerprint density at radius 1 is 0.973 bits per heavy atom. The molecule has 5 rings (SSSR count). The number of anilines is 1. The highest BCUT2D eigenvalue weighted by molar-refractivity contribution is 7.89. The number of aromatic nitrogens is 4. The fourth-order valence-corrected chi connectivity index (χ4v) is 4.95. The summed E-state index contributed by atoms with van der Waals surface area (Å²) in [6.07, 6.45) is 5.34. The van der Waals surface area contributed by atoms with Crippen molar-refractivity contribution in [3.8, 4) is 11.3 Å². The fraction of sp³-hybridized carbons (Fsp3) is 0.0769. The predicted octanol–water partition coefficient (Wildman–Crippen LogP) is 4.45. The summed E-state index contributed by atoms with van der Waals surface area (Å²) in [5, 5.41) is 3.29. The normalized spacial score (nSPS) is 11.5. The third kappa shape index (κ3) is 5.67. The van der Waals surface area contributed by atoms with Gasteiger partial charge in [-0.05, 0) is 54.6 Å². The highest BCUT2D eigenvalue weighted by atomic mass is 35.5. The van der Waals surface area contributed by atoms with Gasteiger partial charge in [-0.15, -0.1) is 0 Å². The van der Waals surface area contributed by atoms with E-state index in [9.17, 15) is 13.2 Å². The molecular formula is C26H21ClN6O3S. The van der Waals surface area contributed by atoms with Crippen LogP contribution in [0, 0.1) is 0 Å². The van der Waals surface area contributed by atoms with E-state index in [0.29, 0.717) is 34.0 Å². The van der Waals surface area contributed by atoms with Gasteiger partial charge in [-0.25, -0.2) is 23.1 Å². The minimum atomic E-state index is -3.72. The molecule has 0 saturated carbocycles. The van der Waals surface area contributed by atoms with Crippen molar-refractivity contribution < 1.29 is 13.2 Å². The molecule has 0 unspecified atom stereocenters. The largest absolute Gasteiger partial charge is 0.351 e. The van der Waals surface area contributed by atoms with Crippen LogP contribution in [0.1, 0.15) is 16.1 Å². The Hall–Kier alpha value is -4.12. The van der Waals surface area contributed by atoms with Crippen molar-refractivity contribution in [2.45, 2.75) is 11.3 Å². The molecule has 1 amide bonds. The maximum atomic E-state index is 12.8. The number of fused-ring (bicyclic) bond motifs is 1. The second-order valence-electron chi connectivity index (χ2n) is 8.13. The van der Waals surface area contributed by atoms with Crippen molar-refractivity contribution in [1.29, 1.82) is 0 Å². The van der Waals surface area contributed by atoms with E-state index in [1.165, 1.54) is 30.6 Å². The van der Waals surface area contributed by atoms with E-state index >= 15 is 0 Å². The van der Waals surface area contributed by atoms with Gasteiger partial charge >= 0.3 is 0 Å². The lowest BCUT2D eigenvalue weighted by Gasteiger charge is -2.10. The SMILES string of the molecule is O=C(Nc1ccc(Cl)c(-c2cnc3ccccc3n2)c1)c1ccc(S(=O)(=O)NCCc2c[nH]cn2)cc1. The summed E-state index contributed by atoms with van der Waals surface area (Å²) in [5.74, 6) is -0.395. The molecule has 3 N–H and O–H groups in total. The first-order valence-corrected chi connectivity index (χ1v) is 13.2. The van der Waals surface area contributed by atoms with Crippen LogP contribution in [0.25, 0.3) is 22.3 Å². The molecule has 2 aromatic heterocycles. The Kier molecular flexibility index (Phi) is 6.95. The number of nitrogens with one attached hydrogen (secondary N) is 3. The highest BCUT2D eigenvalue weighted by Gasteiger charge is 2.16. The maximum absolute atomic E-state index is 12.8. The van der Waals surface area contributed by atoms with Crippen LogP contribution >= 0.6 is 11.6 Å². The summed E-state index contributed by atoms with van der Waals surface area (Å²) in [7, 11) is -3.72. The van der Waals surface area contributed by atoms with Crippen LogP contribution < -0.4 is 10.0 Å². The van der Waals surface area contributed by atoms with Gasteiger partial charge in [0.1, 0.15) is 0 Å². The molecule has 0 aliphatic rings. The van der Waals surface area contributed by atoms with E-state index in [0.717, 1.165) is 16.7 Å². The number of H-pyrrole nitrogens is 1. The van der Waals surface area contributed by atoms with Gasteiger partial charge in [0.25, 0.3) is 5.91 Å². The summed E-state index contributed by atoms with van der Waals surface area (Å²) in [4.78, 5) is 28.8. The lowest BCUT2D eigenvalue weighted by atomic mass is 10.1. The molecule has 9 nitrogen and oxygen atoms in total. The quantitative estimate of drug-likeness (QED) is 0.271. The predicted molar refractivity (Wildman–Crippen MR) is 142 cm³/mol. The smallest absolute Gasteiger partial charge is 0.255 e. The van der Waals surface area contributed by atoms with E-state index in [4.69, 9.17) is 11.6 Å². The van der Waals surface area contributed by atoms with Crippen molar-refractivity contribution in [2.75, 3.05) is 11.9 Å². The van der Waals surface area contributed by atoms with Crippen molar-refractivity contribution >= 4 is 44.3 Å². The zero-order valence-electron chi connectivity index (χ0n) is 19.3. The number of benzene rings is 3. The molecule has 37 heavy (non-hydrogen) atoms. The maximum Gasteiger partial charge on any atom is 0.255 e. The molecule has 186 valence electrons. The van der Waals surface area contributed by atoms with Gasteiger partial charge in [-0.2, -0.15) is 0 Å². The van der Waals surface area contributed by atoms with Crippen molar-refractivity contribution in [3.05, 3.63) is 102 Å². The number of para-hydroxylation sites is 2. The van der Waals surface area contributed by atoms with Gasteiger partial charge in [0.05, 0.1) is 44.9 Å². The molecule has 0 radical (unpaired) electrons. The highest BCUT2D eigenvalue weighted by Crippen LogP contribution is 2.30. The number of nitrogens with zero attached hydrogens (tertiary/aromatic N) is 3. The molecule has 3 aromatic carbocycles. The number of rotatable bonds is 8. The average molecular weight is 533 g/mol. The van der Waals surface area contributed by atoms with Gasteiger partial charge in [-0.1, -0.05) is 23.7 Å². The third-order valence-electron chi connectivity index (χ3n) is 5.60. The molecular weight excluding hydrogens is 512 g/mol. The second-order valence-corrected chi connectivity index (χ2v) is 10.3. The zero-order valence-corrected chi connectivity index (χ0v) is 20.9. The Balaban J connectivity index is 1.28. The number of carbonyl (C=O) groups excluding carboxylic acids is 1. The van der Waals surface area contributed by atoms with Crippen molar-refractivity contribution in [1.82, 2.24) is 24.7 Å². The van der Waals surface area contributed by atoms with Crippen LogP contribution in [-0.4, -0.2) is 40.8 Å². The van der Waals surface area contributed by atoms with Gasteiger partial charge in [0.15, 0.2) is 0 Å². The molecule has 0 atom stereocenters. The van der Waals surface area contributed by atoms with Crippen LogP contribution in [0.15, 0.2) is 90.3 Å². The van der Waals surface area contributed by atoms with E-state index < -0.39 is 15.9 Å². The second kappa shape index (κ2) is 10.5. The molecule has 0 aliphatic carbocycles. The Morgan fingerprint density at radius 2 is 1.76 bits per heavy atom. The van der Waals surface area contributed by atoms with Crippen molar-refractivity contribution in [3.63, 3.8) is 0 Å². The van der Waals surface area contributed by atoms with Gasteiger partial charge in [0, 0.05) is 36.0 Å². The van der Waals surface area contributed by atoms with E-state index in [2.05, 4.69) is 30.0 Å². The standard InChI is InChI=1S/C26H21ClN6O3S/c27-22-10-7-18(13-21(22)25-15-29-23-3-1-2-4-24(23)33-25)32-26(34)17-5-8-20(9-6-17)37(35,36)31-12-11-19-14-28-16-30-19/h1-10,13-16,31H,11-12H2,(H,28,30)(H,32,34). The Bertz CT molecular complexity index is 1670. The minimum Gasteiger partial charge on any atom is -0.351 e. The lowest BCUT2D eigenvalue weighted by molar-refractivity contribution is 0.102. The lowest BCUT2D eigenvalue weighted by Crippen LogP contribution is -2.26. The number of halogens is 1. The number of imidazole rings is 1. The monoisotopic (exact) mass is 532 g/mol. The topological polar surface area (TPSA) is 130 Å². The van der Waals surface area contributed by atoms with Crippen LogP contribution in [0.5, 0.6) is 0 Å². The third-order valence-corrected chi connectivity index (χ3v) is 7.41. The number of amides is 1. The van der Waals surface area contributed by atoms with Crippen LogP contribution in [-0.2, 0) is 16.4 Å². The summed E-state index contributed by atoms with van der Waals surface area (Å²) in [6.45, 7) is 0.204. The van der Waals surface area contributed by atoms with E-state index in [1.54, 1.807) is 30.6 Å². The molecule has 0 aliphatic heterocycles.